The predicted molar refractivity (Wildman–Crippen MR) is 97.3 cm³/mol. The van der Waals surface area contributed by atoms with Crippen molar-refractivity contribution in [2.45, 2.75) is 77.7 Å². The average molecular weight is 330 g/mol. The van der Waals surface area contributed by atoms with Gasteiger partial charge in [-0.25, -0.2) is 9.55 Å². The van der Waals surface area contributed by atoms with Crippen molar-refractivity contribution in [1.82, 2.24) is 9.55 Å². The Balaban J connectivity index is 1.58. The van der Waals surface area contributed by atoms with Gasteiger partial charge in [0.1, 0.15) is 12.4 Å². The van der Waals surface area contributed by atoms with Crippen LogP contribution in [0.25, 0.3) is 5.82 Å². The molecule has 0 atom stereocenters. The van der Waals surface area contributed by atoms with Crippen LogP contribution in [0.15, 0.2) is 37.1 Å². The van der Waals surface area contributed by atoms with E-state index in [9.17, 15) is 5.11 Å². The van der Waals surface area contributed by atoms with E-state index in [0.29, 0.717) is 5.82 Å². The molecule has 2 rings (SSSR count). The monoisotopic (exact) mass is 330 g/mol. The first-order valence-corrected chi connectivity index (χ1v) is 9.52. The molecule has 0 amide bonds. The van der Waals surface area contributed by atoms with Crippen molar-refractivity contribution in [2.75, 3.05) is 0 Å². The zero-order valence-corrected chi connectivity index (χ0v) is 15.0. The smallest absolute Gasteiger partial charge is 0.268 e. The van der Waals surface area contributed by atoms with E-state index in [0.717, 1.165) is 6.54 Å². The Kier molecular flexibility index (Phi) is 8.36. The summed E-state index contributed by atoms with van der Waals surface area (Å²) in [6.45, 7) is 3.29. The van der Waals surface area contributed by atoms with Crippen LogP contribution < -0.4 is 4.57 Å². The van der Waals surface area contributed by atoms with E-state index < -0.39 is 0 Å². The van der Waals surface area contributed by atoms with Crippen molar-refractivity contribution in [2.24, 2.45) is 0 Å². The van der Waals surface area contributed by atoms with Gasteiger partial charge < -0.3 is 5.11 Å². The highest BCUT2D eigenvalue weighted by atomic mass is 16.3. The van der Waals surface area contributed by atoms with E-state index in [-0.39, 0.29) is 5.75 Å². The number of aromatic hydroxyl groups is 1. The van der Waals surface area contributed by atoms with Crippen LogP contribution in [0.5, 0.6) is 5.75 Å². The van der Waals surface area contributed by atoms with E-state index in [1.54, 1.807) is 18.3 Å². The lowest BCUT2D eigenvalue weighted by molar-refractivity contribution is -0.696. The molecule has 132 valence electrons. The summed E-state index contributed by atoms with van der Waals surface area (Å²) in [5.41, 5.74) is 0. The van der Waals surface area contributed by atoms with E-state index in [4.69, 9.17) is 0 Å². The molecule has 0 unspecified atom stereocenters. The van der Waals surface area contributed by atoms with Gasteiger partial charge in [-0.05, 0) is 25.0 Å². The molecule has 0 saturated carbocycles. The molecule has 2 aromatic heterocycles. The maximum atomic E-state index is 9.85. The Morgan fingerprint density at radius 1 is 1.00 bits per heavy atom. The molecule has 2 aromatic rings. The van der Waals surface area contributed by atoms with Crippen molar-refractivity contribution in [3.63, 3.8) is 0 Å². The molecular formula is C20H32N3O+. The summed E-state index contributed by atoms with van der Waals surface area (Å²) in [7, 11) is 0. The number of hydrogen-bond acceptors (Lipinski definition) is 2. The van der Waals surface area contributed by atoms with Gasteiger partial charge in [0.2, 0.25) is 6.33 Å². The molecule has 1 N–H and O–H groups in total. The van der Waals surface area contributed by atoms with E-state index in [1.165, 1.54) is 64.2 Å². The first kappa shape index (κ1) is 18.5. The van der Waals surface area contributed by atoms with E-state index in [1.807, 2.05) is 23.3 Å². The van der Waals surface area contributed by atoms with Gasteiger partial charge in [0, 0.05) is 6.20 Å². The highest BCUT2D eigenvalue weighted by Gasteiger charge is 2.11. The quantitative estimate of drug-likeness (QED) is 0.449. The molecule has 4 nitrogen and oxygen atoms in total. The lowest BCUT2D eigenvalue weighted by Crippen LogP contribution is -2.30. The van der Waals surface area contributed by atoms with Crippen molar-refractivity contribution >= 4 is 0 Å². The van der Waals surface area contributed by atoms with Gasteiger partial charge in [-0.3, -0.25) is 0 Å². The second kappa shape index (κ2) is 10.8. The average Bonchev–Trinajstić information content (AvgIpc) is 3.05. The maximum Gasteiger partial charge on any atom is 0.268 e. The van der Waals surface area contributed by atoms with Crippen LogP contribution in [0.3, 0.4) is 0 Å². The molecule has 0 fully saturated rings. The summed E-state index contributed by atoms with van der Waals surface area (Å²) < 4.78 is 4.03. The van der Waals surface area contributed by atoms with Gasteiger partial charge in [-0.2, -0.15) is 4.57 Å². The van der Waals surface area contributed by atoms with Crippen LogP contribution in [0, 0.1) is 0 Å². The number of rotatable bonds is 12. The number of nitrogens with zero attached hydrogens (tertiary/aromatic N) is 3. The summed E-state index contributed by atoms with van der Waals surface area (Å²) in [5.74, 6) is 0.790. The minimum atomic E-state index is 0.208. The Hall–Kier alpha value is -1.84. The Morgan fingerprint density at radius 2 is 1.67 bits per heavy atom. The Morgan fingerprint density at radius 3 is 2.33 bits per heavy atom. The first-order chi connectivity index (χ1) is 11.8. The molecule has 0 aliphatic heterocycles. The third-order valence-corrected chi connectivity index (χ3v) is 4.47. The summed E-state index contributed by atoms with van der Waals surface area (Å²) in [6.07, 6.45) is 21.3. The molecule has 2 heterocycles. The molecule has 0 radical (unpaired) electrons. The highest BCUT2D eigenvalue weighted by molar-refractivity contribution is 5.37. The highest BCUT2D eigenvalue weighted by Crippen LogP contribution is 2.16. The van der Waals surface area contributed by atoms with Crippen LogP contribution >= 0.6 is 0 Å². The third-order valence-electron chi connectivity index (χ3n) is 4.47. The van der Waals surface area contributed by atoms with Gasteiger partial charge in [-0.1, -0.05) is 58.3 Å². The molecule has 24 heavy (non-hydrogen) atoms. The molecule has 0 saturated heterocycles. The summed E-state index contributed by atoms with van der Waals surface area (Å²) in [5, 5.41) is 9.85. The lowest BCUT2D eigenvalue weighted by Gasteiger charge is -2.01. The minimum absolute atomic E-state index is 0.208. The van der Waals surface area contributed by atoms with Gasteiger partial charge in [0.05, 0.1) is 6.54 Å². The lowest BCUT2D eigenvalue weighted by atomic mass is 10.1. The second-order valence-corrected chi connectivity index (χ2v) is 6.59. The fourth-order valence-corrected chi connectivity index (χ4v) is 3.02. The number of aromatic nitrogens is 3. The number of aryl methyl sites for hydroxylation is 1. The Labute approximate surface area is 146 Å². The molecule has 0 aliphatic rings. The number of unbranched alkanes of at least 4 members (excludes halogenated alkanes) is 9. The fourth-order valence-electron chi connectivity index (χ4n) is 3.02. The zero-order chi connectivity index (χ0) is 17.0. The maximum absolute atomic E-state index is 9.85. The summed E-state index contributed by atoms with van der Waals surface area (Å²) in [4.78, 5) is 4.22. The van der Waals surface area contributed by atoms with Crippen LogP contribution in [-0.2, 0) is 6.54 Å². The fraction of sp³-hybridized carbons (Fsp3) is 0.600. The van der Waals surface area contributed by atoms with Gasteiger partial charge >= 0.3 is 0 Å². The van der Waals surface area contributed by atoms with Crippen LogP contribution in [0.1, 0.15) is 71.1 Å². The van der Waals surface area contributed by atoms with Crippen LogP contribution in [0.4, 0.5) is 0 Å². The molecule has 0 aromatic carbocycles. The largest absolute Gasteiger partial charge is 0.503 e. The van der Waals surface area contributed by atoms with Crippen LogP contribution in [-0.4, -0.2) is 14.7 Å². The summed E-state index contributed by atoms with van der Waals surface area (Å²) >= 11 is 0. The van der Waals surface area contributed by atoms with Gasteiger partial charge in [0.25, 0.3) is 5.82 Å². The van der Waals surface area contributed by atoms with Crippen molar-refractivity contribution in [3.05, 3.63) is 37.1 Å². The SMILES string of the molecule is CCCCCCCCCCCC[n+]1ccn(-c2ncccc2O)c1. The zero-order valence-electron chi connectivity index (χ0n) is 15.0. The molecule has 0 aliphatic carbocycles. The number of hydrogen-bond donors (Lipinski definition) is 1. The topological polar surface area (TPSA) is 41.9 Å². The first-order valence-electron chi connectivity index (χ1n) is 9.52. The van der Waals surface area contributed by atoms with Crippen molar-refractivity contribution in [3.8, 4) is 11.6 Å². The van der Waals surface area contributed by atoms with Gasteiger partial charge in [0.15, 0.2) is 5.75 Å². The molecular weight excluding hydrogens is 298 g/mol. The second-order valence-electron chi connectivity index (χ2n) is 6.59. The predicted octanol–water partition coefficient (Wildman–Crippen LogP) is 4.79. The Bertz CT molecular complexity index is 580. The van der Waals surface area contributed by atoms with Gasteiger partial charge in [-0.15, -0.1) is 0 Å². The third kappa shape index (κ3) is 6.34. The van der Waals surface area contributed by atoms with E-state index >= 15 is 0 Å². The van der Waals surface area contributed by atoms with E-state index in [2.05, 4.69) is 16.5 Å². The molecule has 0 spiro atoms. The standard InChI is InChI=1S/C20H31N3O/c1-2-3-4-5-6-7-8-9-10-11-15-22-16-17-23(18-22)20-19(24)13-12-14-21-20/h12-14,16-18H,2-11,15H2,1H3/p+1. The minimum Gasteiger partial charge on any atom is -0.503 e. The number of pyridine rings is 1. The van der Waals surface area contributed by atoms with Crippen molar-refractivity contribution < 1.29 is 9.67 Å². The normalized spacial score (nSPS) is 11.0. The molecule has 0 bridgehead atoms. The number of imidazole rings is 1. The van der Waals surface area contributed by atoms with Crippen LogP contribution in [0.2, 0.25) is 0 Å². The van der Waals surface area contributed by atoms with Crippen molar-refractivity contribution in [1.29, 1.82) is 0 Å². The molecule has 4 heteroatoms. The summed E-state index contributed by atoms with van der Waals surface area (Å²) in [6, 6.07) is 3.40.